The number of carbonyl (C=O) groups excluding carboxylic acids is 1. The van der Waals surface area contributed by atoms with Crippen molar-refractivity contribution in [3.8, 4) is 17.0 Å². The molecule has 0 aliphatic carbocycles. The molecule has 1 aromatic heterocycles. The van der Waals surface area contributed by atoms with E-state index in [0.717, 1.165) is 47.5 Å². The molecular weight excluding hydrogens is 402 g/mol. The number of phenolic OH excluding ortho intramolecular Hbond substituents is 1. The Bertz CT molecular complexity index is 853. The number of rotatable bonds is 9. The van der Waals surface area contributed by atoms with Gasteiger partial charge in [-0.3, -0.25) is 0 Å². The average Bonchev–Trinajstić information content (AvgIpc) is 3.15. The molecule has 3 N–H and O–H groups in total. The van der Waals surface area contributed by atoms with E-state index < -0.39 is 0 Å². The molecule has 0 bridgehead atoms. The minimum Gasteiger partial charge on any atom is -0.507 e. The predicted molar refractivity (Wildman–Crippen MR) is 130 cm³/mol. The zero-order chi connectivity index (χ0) is 23.9. The van der Waals surface area contributed by atoms with E-state index >= 15 is 0 Å². The van der Waals surface area contributed by atoms with Crippen molar-refractivity contribution in [3.05, 3.63) is 35.3 Å². The summed E-state index contributed by atoms with van der Waals surface area (Å²) in [5.74, 6) is 1.16. The molecule has 0 saturated heterocycles. The molecule has 0 fully saturated rings. The van der Waals surface area contributed by atoms with Crippen LogP contribution in [0.4, 0.5) is 4.79 Å². The van der Waals surface area contributed by atoms with Gasteiger partial charge in [0.15, 0.2) is 0 Å². The Morgan fingerprint density at radius 2 is 1.69 bits per heavy atom. The molecule has 2 aromatic rings. The van der Waals surface area contributed by atoms with E-state index in [1.165, 1.54) is 6.42 Å². The number of aromatic hydroxyl groups is 1. The third-order valence-corrected chi connectivity index (χ3v) is 5.51. The van der Waals surface area contributed by atoms with Gasteiger partial charge in [0.05, 0.1) is 12.3 Å². The first-order valence-electron chi connectivity index (χ1n) is 11.8. The highest BCUT2D eigenvalue weighted by molar-refractivity contribution is 5.67. The summed E-state index contributed by atoms with van der Waals surface area (Å²) in [6.07, 6.45) is 6.41. The van der Waals surface area contributed by atoms with Crippen molar-refractivity contribution in [2.75, 3.05) is 13.2 Å². The normalized spacial score (nSPS) is 12.1. The molecule has 178 valence electrons. The van der Waals surface area contributed by atoms with Crippen molar-refractivity contribution in [2.45, 2.75) is 91.4 Å². The Morgan fingerprint density at radius 3 is 2.25 bits per heavy atom. The molecule has 0 aliphatic rings. The number of ether oxygens (including phenoxy) is 1. The third-order valence-electron chi connectivity index (χ3n) is 5.51. The number of aromatic nitrogens is 2. The highest BCUT2D eigenvalue weighted by Gasteiger charge is 2.27. The molecule has 1 aromatic carbocycles. The maximum absolute atomic E-state index is 11.8. The first-order chi connectivity index (χ1) is 14.9. The Morgan fingerprint density at radius 1 is 1.06 bits per heavy atom. The highest BCUT2D eigenvalue weighted by atomic mass is 16.5. The molecule has 1 heterocycles. The number of phenols is 1. The number of hydrogen-bond acceptors (Lipinski definition) is 4. The molecule has 1 amide bonds. The SMILES string of the molecule is CCCCCCOC(=O)NCCc1nc(-c2cc(C(C)(C)C)c(O)c(C(C)(C)C)c2)c[nH]1. The number of aromatic amines is 1. The quantitative estimate of drug-likeness (QED) is 0.401. The number of H-pyrrole nitrogens is 1. The van der Waals surface area contributed by atoms with Crippen LogP contribution in [0.15, 0.2) is 18.3 Å². The summed E-state index contributed by atoms with van der Waals surface area (Å²) in [4.78, 5) is 19.7. The first-order valence-corrected chi connectivity index (χ1v) is 11.8. The van der Waals surface area contributed by atoms with Crippen molar-refractivity contribution < 1.29 is 14.6 Å². The number of nitrogens with zero attached hydrogens (tertiary/aromatic N) is 1. The summed E-state index contributed by atoms with van der Waals surface area (Å²) in [5, 5.41) is 13.7. The van der Waals surface area contributed by atoms with Gasteiger partial charge >= 0.3 is 6.09 Å². The molecule has 2 rings (SSSR count). The van der Waals surface area contributed by atoms with Crippen LogP contribution in [-0.2, 0) is 22.0 Å². The van der Waals surface area contributed by atoms with Crippen LogP contribution in [-0.4, -0.2) is 34.3 Å². The highest BCUT2D eigenvalue weighted by Crippen LogP contribution is 2.41. The number of imidazole rings is 1. The number of amides is 1. The second-order valence-corrected chi connectivity index (χ2v) is 10.5. The summed E-state index contributed by atoms with van der Waals surface area (Å²) >= 11 is 0. The predicted octanol–water partition coefficient (Wildman–Crippen LogP) is 6.23. The Labute approximate surface area is 193 Å². The fraction of sp³-hybridized carbons (Fsp3) is 0.615. The van der Waals surface area contributed by atoms with Crippen molar-refractivity contribution in [1.29, 1.82) is 0 Å². The van der Waals surface area contributed by atoms with Gasteiger partial charge < -0.3 is 20.1 Å². The maximum atomic E-state index is 11.8. The lowest BCUT2D eigenvalue weighted by Gasteiger charge is -2.28. The summed E-state index contributed by atoms with van der Waals surface area (Å²) in [6, 6.07) is 4.05. The number of alkyl carbamates (subject to hydrolysis) is 1. The van der Waals surface area contributed by atoms with Crippen molar-refractivity contribution >= 4 is 6.09 Å². The van der Waals surface area contributed by atoms with Gasteiger partial charge in [0.25, 0.3) is 0 Å². The molecule has 0 radical (unpaired) electrons. The summed E-state index contributed by atoms with van der Waals surface area (Å²) in [5.41, 5.74) is 3.23. The van der Waals surface area contributed by atoms with E-state index in [2.05, 4.69) is 58.8 Å². The van der Waals surface area contributed by atoms with E-state index in [-0.39, 0.29) is 16.9 Å². The lowest BCUT2D eigenvalue weighted by atomic mass is 9.78. The van der Waals surface area contributed by atoms with E-state index in [1.54, 1.807) is 0 Å². The van der Waals surface area contributed by atoms with E-state index in [1.807, 2.05) is 18.3 Å². The summed E-state index contributed by atoms with van der Waals surface area (Å²) in [6.45, 7) is 15.7. The molecule has 0 unspecified atom stereocenters. The van der Waals surface area contributed by atoms with Gasteiger partial charge in [-0.05, 0) is 29.4 Å². The number of carbonyl (C=O) groups is 1. The maximum Gasteiger partial charge on any atom is 0.407 e. The van der Waals surface area contributed by atoms with Gasteiger partial charge in [0, 0.05) is 35.9 Å². The van der Waals surface area contributed by atoms with Crippen molar-refractivity contribution in [3.63, 3.8) is 0 Å². The smallest absolute Gasteiger partial charge is 0.407 e. The van der Waals surface area contributed by atoms with Crippen LogP contribution in [0.3, 0.4) is 0 Å². The van der Waals surface area contributed by atoms with Gasteiger partial charge in [0.2, 0.25) is 0 Å². The van der Waals surface area contributed by atoms with Gasteiger partial charge in [-0.2, -0.15) is 0 Å². The second kappa shape index (κ2) is 10.9. The lowest BCUT2D eigenvalue weighted by molar-refractivity contribution is 0.144. The largest absolute Gasteiger partial charge is 0.507 e. The minimum atomic E-state index is -0.378. The van der Waals surface area contributed by atoms with Crippen molar-refractivity contribution in [2.24, 2.45) is 0 Å². The van der Waals surface area contributed by atoms with Crippen molar-refractivity contribution in [1.82, 2.24) is 15.3 Å². The Balaban J connectivity index is 2.05. The molecule has 6 nitrogen and oxygen atoms in total. The molecule has 0 spiro atoms. The zero-order valence-corrected chi connectivity index (χ0v) is 20.9. The molecule has 0 atom stereocenters. The van der Waals surface area contributed by atoms with E-state index in [9.17, 15) is 9.90 Å². The molecule has 0 aliphatic heterocycles. The second-order valence-electron chi connectivity index (χ2n) is 10.5. The lowest BCUT2D eigenvalue weighted by Crippen LogP contribution is -2.27. The van der Waals surface area contributed by atoms with Gasteiger partial charge in [-0.15, -0.1) is 0 Å². The summed E-state index contributed by atoms with van der Waals surface area (Å²) < 4.78 is 5.20. The van der Waals surface area contributed by atoms with Crippen LogP contribution in [0.1, 0.15) is 91.1 Å². The molecule has 0 saturated carbocycles. The fourth-order valence-corrected chi connectivity index (χ4v) is 3.59. The van der Waals surface area contributed by atoms with Crippen LogP contribution in [0.2, 0.25) is 0 Å². The number of hydrogen-bond donors (Lipinski definition) is 3. The van der Waals surface area contributed by atoms with Gasteiger partial charge in [0.1, 0.15) is 11.6 Å². The standard InChI is InChI=1S/C26H41N3O3/c1-8-9-10-11-14-32-24(31)27-13-12-22-28-17-21(29-22)18-15-19(25(2,3)4)23(30)20(16-18)26(5,6)7/h15-17,30H,8-14H2,1-7H3,(H,27,31)(H,28,29). The van der Waals surface area contributed by atoms with Crippen LogP contribution >= 0.6 is 0 Å². The summed E-state index contributed by atoms with van der Waals surface area (Å²) in [7, 11) is 0. The van der Waals surface area contributed by atoms with E-state index in [4.69, 9.17) is 9.72 Å². The van der Waals surface area contributed by atoms with Crippen LogP contribution in [0.5, 0.6) is 5.75 Å². The topological polar surface area (TPSA) is 87.2 Å². The van der Waals surface area contributed by atoms with Gasteiger partial charge in [-0.25, -0.2) is 9.78 Å². The van der Waals surface area contributed by atoms with Crippen LogP contribution < -0.4 is 5.32 Å². The Kier molecular flexibility index (Phi) is 8.76. The molecular formula is C26H41N3O3. The number of nitrogens with one attached hydrogen (secondary N) is 2. The fourth-order valence-electron chi connectivity index (χ4n) is 3.59. The molecule has 32 heavy (non-hydrogen) atoms. The minimum absolute atomic E-state index is 0.194. The van der Waals surface area contributed by atoms with Crippen LogP contribution in [0, 0.1) is 0 Å². The number of unbranched alkanes of at least 4 members (excludes halogenated alkanes) is 3. The average molecular weight is 444 g/mol. The van der Waals surface area contributed by atoms with Crippen LogP contribution in [0.25, 0.3) is 11.3 Å². The monoisotopic (exact) mass is 443 g/mol. The zero-order valence-electron chi connectivity index (χ0n) is 20.9. The van der Waals surface area contributed by atoms with Gasteiger partial charge in [-0.1, -0.05) is 67.7 Å². The molecule has 6 heteroatoms. The third kappa shape index (κ3) is 7.28. The number of benzene rings is 1. The van der Waals surface area contributed by atoms with E-state index in [0.29, 0.717) is 25.3 Å². The first kappa shape index (κ1) is 25.8. The Hall–Kier alpha value is -2.50.